The van der Waals surface area contributed by atoms with E-state index in [9.17, 15) is 14.9 Å². The molecule has 0 heterocycles. The minimum atomic E-state index is -0.603. The van der Waals surface area contributed by atoms with E-state index in [1.54, 1.807) is 43.3 Å². The quantitative estimate of drug-likeness (QED) is 0.376. The molecule has 0 saturated heterocycles. The predicted molar refractivity (Wildman–Crippen MR) is 135 cm³/mol. The van der Waals surface area contributed by atoms with Gasteiger partial charge < -0.3 is 15.4 Å². The van der Waals surface area contributed by atoms with Crippen molar-refractivity contribution in [3.63, 3.8) is 0 Å². The summed E-state index contributed by atoms with van der Waals surface area (Å²) in [5, 5.41) is 16.3. The zero-order chi connectivity index (χ0) is 25.0. The van der Waals surface area contributed by atoms with Crippen molar-refractivity contribution in [3.8, 4) is 11.8 Å². The monoisotopic (exact) mass is 515 g/mol. The Labute approximate surface area is 212 Å². The van der Waals surface area contributed by atoms with Gasteiger partial charge in [-0.1, -0.05) is 53.0 Å². The number of nitrogens with zero attached hydrogens (tertiary/aromatic N) is 1. The van der Waals surface area contributed by atoms with Gasteiger partial charge in [0.05, 0.1) is 35.4 Å². The van der Waals surface area contributed by atoms with Crippen molar-refractivity contribution in [2.24, 2.45) is 0 Å². The number of carbonyl (C=O) groups is 2. The molecule has 3 rings (SSSR count). The number of carbonyl (C=O) groups excluding carboxylic acids is 2. The number of methoxy groups -OCH3 is 1. The van der Waals surface area contributed by atoms with E-state index in [0.717, 1.165) is 5.56 Å². The molecule has 0 spiro atoms. The molecule has 0 aromatic heterocycles. The van der Waals surface area contributed by atoms with Gasteiger partial charge in [-0.15, -0.1) is 0 Å². The maximum atomic E-state index is 13.0. The molecule has 2 N–H and O–H groups in total. The Hall–Kier alpha value is -3.24. The number of hydrogen-bond donors (Lipinski definition) is 2. The summed E-state index contributed by atoms with van der Waals surface area (Å²) in [7, 11) is 1.41. The van der Waals surface area contributed by atoms with E-state index in [-0.39, 0.29) is 22.2 Å². The second-order valence-corrected chi connectivity index (χ2v) is 8.72. The minimum absolute atomic E-state index is 0.178. The fourth-order valence-corrected chi connectivity index (χ4v) is 4.02. The second kappa shape index (κ2) is 10.8. The van der Waals surface area contributed by atoms with Gasteiger partial charge in [0.25, 0.3) is 5.91 Å². The molecule has 0 aliphatic carbocycles. The highest BCUT2D eigenvalue weighted by Crippen LogP contribution is 2.36. The van der Waals surface area contributed by atoms with Crippen LogP contribution in [0.25, 0.3) is 0 Å². The van der Waals surface area contributed by atoms with Gasteiger partial charge in [-0.2, -0.15) is 5.26 Å². The molecule has 0 radical (unpaired) electrons. The largest absolute Gasteiger partial charge is 0.496 e. The van der Waals surface area contributed by atoms with Crippen molar-refractivity contribution in [1.82, 2.24) is 0 Å². The van der Waals surface area contributed by atoms with Crippen molar-refractivity contribution in [2.45, 2.75) is 19.8 Å². The topological polar surface area (TPSA) is 91.2 Å². The van der Waals surface area contributed by atoms with Gasteiger partial charge in [-0.05, 0) is 47.9 Å². The molecule has 0 aliphatic rings. The molecule has 1 unspecified atom stereocenters. The van der Waals surface area contributed by atoms with Crippen LogP contribution in [0.4, 0.5) is 11.4 Å². The highest BCUT2D eigenvalue weighted by Gasteiger charge is 2.21. The molecule has 1 atom stereocenters. The molecule has 0 fully saturated rings. The molecule has 174 valence electrons. The van der Waals surface area contributed by atoms with Crippen LogP contribution in [0.1, 0.15) is 39.9 Å². The molecular formula is C25H20Cl3N3O3. The molecule has 3 aromatic rings. The van der Waals surface area contributed by atoms with Crippen molar-refractivity contribution in [2.75, 3.05) is 17.7 Å². The summed E-state index contributed by atoms with van der Waals surface area (Å²) in [4.78, 5) is 24.4. The van der Waals surface area contributed by atoms with Gasteiger partial charge in [0.1, 0.15) is 5.75 Å². The summed E-state index contributed by atoms with van der Waals surface area (Å²) in [6.45, 7) is 3.15. The Morgan fingerprint density at radius 3 is 2.24 bits per heavy atom. The number of rotatable bonds is 6. The lowest BCUT2D eigenvalue weighted by molar-refractivity contribution is -0.114. The van der Waals surface area contributed by atoms with E-state index >= 15 is 0 Å². The first-order valence-corrected chi connectivity index (χ1v) is 11.2. The van der Waals surface area contributed by atoms with Crippen LogP contribution < -0.4 is 15.4 Å². The first-order chi connectivity index (χ1) is 16.1. The van der Waals surface area contributed by atoms with Gasteiger partial charge in [-0.3, -0.25) is 9.59 Å². The summed E-state index contributed by atoms with van der Waals surface area (Å²) >= 11 is 18.7. The first kappa shape index (κ1) is 25.4. The molecule has 9 heteroatoms. The summed E-state index contributed by atoms with van der Waals surface area (Å²) in [6, 6.07) is 15.5. The summed E-state index contributed by atoms with van der Waals surface area (Å²) < 4.78 is 5.32. The molecular weight excluding hydrogens is 497 g/mol. The van der Waals surface area contributed by atoms with E-state index < -0.39 is 11.8 Å². The molecule has 0 bridgehead atoms. The number of hydrogen-bond acceptors (Lipinski definition) is 4. The lowest BCUT2D eigenvalue weighted by Gasteiger charge is -2.17. The maximum Gasteiger partial charge on any atom is 0.259 e. The molecule has 2 amide bonds. The Morgan fingerprint density at radius 1 is 0.971 bits per heavy atom. The normalized spacial score (nSPS) is 11.3. The third kappa shape index (κ3) is 5.63. The van der Waals surface area contributed by atoms with Crippen molar-refractivity contribution < 1.29 is 14.3 Å². The van der Waals surface area contributed by atoms with Gasteiger partial charge in [-0.25, -0.2) is 0 Å². The zero-order valence-electron chi connectivity index (χ0n) is 18.5. The van der Waals surface area contributed by atoms with E-state index in [1.807, 2.05) is 0 Å². The summed E-state index contributed by atoms with van der Waals surface area (Å²) in [6.07, 6.45) is 0. The summed E-state index contributed by atoms with van der Waals surface area (Å²) in [5.41, 5.74) is 3.05. The number of aryl methyl sites for hydroxylation is 1. The van der Waals surface area contributed by atoms with Crippen LogP contribution in [0.5, 0.6) is 5.75 Å². The number of nitriles is 1. The van der Waals surface area contributed by atoms with Gasteiger partial charge in [0.2, 0.25) is 5.91 Å². The van der Waals surface area contributed by atoms with Crippen LogP contribution in [0, 0.1) is 18.3 Å². The van der Waals surface area contributed by atoms with Gasteiger partial charge in [0.15, 0.2) is 0 Å². The molecule has 6 nitrogen and oxygen atoms in total. The Balaban J connectivity index is 1.92. The number of benzene rings is 3. The Morgan fingerprint density at radius 2 is 1.65 bits per heavy atom. The predicted octanol–water partition coefficient (Wildman–Crippen LogP) is 6.83. The number of halogens is 3. The molecule has 3 aromatic carbocycles. The smallest absolute Gasteiger partial charge is 0.259 e. The van der Waals surface area contributed by atoms with Crippen LogP contribution in [0.15, 0.2) is 48.5 Å². The number of anilines is 2. The van der Waals surface area contributed by atoms with E-state index in [2.05, 4.69) is 16.7 Å². The number of nitrogens with one attached hydrogen (secondary N) is 2. The fraction of sp³-hybridized carbons (Fsp3) is 0.160. The molecule has 0 aliphatic heterocycles. The van der Waals surface area contributed by atoms with Crippen molar-refractivity contribution in [3.05, 3.63) is 85.9 Å². The first-order valence-electron chi connectivity index (χ1n) is 10.1. The Bertz CT molecular complexity index is 1300. The fourth-order valence-electron chi connectivity index (χ4n) is 3.41. The second-order valence-electron chi connectivity index (χ2n) is 7.47. The zero-order valence-corrected chi connectivity index (χ0v) is 20.8. The Kier molecular flexibility index (Phi) is 8.06. The van der Waals surface area contributed by atoms with E-state index in [1.165, 1.54) is 26.2 Å². The van der Waals surface area contributed by atoms with Crippen LogP contribution in [0.2, 0.25) is 15.1 Å². The molecule has 0 saturated carbocycles. The average molecular weight is 517 g/mol. The summed E-state index contributed by atoms with van der Waals surface area (Å²) in [5.74, 6) is -1.15. The standard InChI is InChI=1S/C25H20Cl3N3O3/c1-13-8-17(19(12-29)15-4-6-16(26)7-5-15)20(27)10-22(13)31-25(33)18-9-21(28)23(30-14(2)32)11-24(18)34-3/h4-11,19H,1-3H3,(H,30,32)(H,31,33). The highest BCUT2D eigenvalue weighted by molar-refractivity contribution is 6.34. The van der Waals surface area contributed by atoms with Gasteiger partial charge >= 0.3 is 0 Å². The van der Waals surface area contributed by atoms with Crippen LogP contribution >= 0.6 is 34.8 Å². The van der Waals surface area contributed by atoms with E-state index in [0.29, 0.717) is 32.5 Å². The highest BCUT2D eigenvalue weighted by atomic mass is 35.5. The maximum absolute atomic E-state index is 13.0. The number of amides is 2. The average Bonchev–Trinajstić information content (AvgIpc) is 2.79. The van der Waals surface area contributed by atoms with Crippen LogP contribution in [0.3, 0.4) is 0 Å². The van der Waals surface area contributed by atoms with E-state index in [4.69, 9.17) is 39.5 Å². The van der Waals surface area contributed by atoms with Crippen molar-refractivity contribution >= 4 is 58.0 Å². The van der Waals surface area contributed by atoms with Crippen LogP contribution in [-0.2, 0) is 4.79 Å². The third-order valence-electron chi connectivity index (χ3n) is 5.08. The third-order valence-corrected chi connectivity index (χ3v) is 5.97. The minimum Gasteiger partial charge on any atom is -0.496 e. The van der Waals surface area contributed by atoms with Crippen LogP contribution in [-0.4, -0.2) is 18.9 Å². The number of ether oxygens (including phenoxy) is 1. The molecule has 34 heavy (non-hydrogen) atoms. The SMILES string of the molecule is COc1cc(NC(C)=O)c(Cl)cc1C(=O)Nc1cc(Cl)c(C(C#N)c2ccc(Cl)cc2)cc1C. The lowest BCUT2D eigenvalue weighted by atomic mass is 9.91. The lowest BCUT2D eigenvalue weighted by Crippen LogP contribution is -2.15. The van der Waals surface area contributed by atoms with Crippen molar-refractivity contribution in [1.29, 1.82) is 5.26 Å². The van der Waals surface area contributed by atoms with Gasteiger partial charge in [0, 0.05) is 28.7 Å².